The van der Waals surface area contributed by atoms with Crippen molar-refractivity contribution in [1.29, 1.82) is 0 Å². The lowest BCUT2D eigenvalue weighted by atomic mass is 10.2. The average Bonchev–Trinajstić information content (AvgIpc) is 2.33. The van der Waals surface area contributed by atoms with E-state index in [-0.39, 0.29) is 0 Å². The molecule has 0 aliphatic heterocycles. The van der Waals surface area contributed by atoms with E-state index in [2.05, 4.69) is 24.3 Å². The molecule has 0 bridgehead atoms. The summed E-state index contributed by atoms with van der Waals surface area (Å²) in [6.45, 7) is 0. The molecule has 3 rings (SSSR count). The van der Waals surface area contributed by atoms with Gasteiger partial charge in [0.1, 0.15) is 0 Å². The maximum absolute atomic E-state index is 2.24. The highest BCUT2D eigenvalue weighted by Gasteiger charge is 2.22. The van der Waals surface area contributed by atoms with Crippen molar-refractivity contribution in [3.63, 3.8) is 0 Å². The highest BCUT2D eigenvalue weighted by molar-refractivity contribution is 6.04. The van der Waals surface area contributed by atoms with Gasteiger partial charge in [-0.25, -0.2) is 0 Å². The lowest BCUT2D eigenvalue weighted by Gasteiger charge is -1.79. The van der Waals surface area contributed by atoms with Crippen molar-refractivity contribution in [3.05, 3.63) is 34.2 Å². The standard InChI is InChI=1S/C8H4/c1-2-5-4-7-6(3-1)8(5)7/h1-4H. The molecule has 0 unspecified atom stereocenters. The molecule has 0 fully saturated rings. The van der Waals surface area contributed by atoms with E-state index in [1.807, 2.05) is 0 Å². The molecule has 0 aromatic heterocycles. The summed E-state index contributed by atoms with van der Waals surface area (Å²) in [5, 5.41) is 2.98. The van der Waals surface area contributed by atoms with Crippen LogP contribution < -0.4 is 10.4 Å². The van der Waals surface area contributed by atoms with Crippen molar-refractivity contribution in [2.24, 2.45) is 0 Å². The Morgan fingerprint density at radius 3 is 2.88 bits per heavy atom. The molecule has 0 saturated carbocycles. The number of benzene rings is 1. The summed E-state index contributed by atoms with van der Waals surface area (Å²) in [4.78, 5) is 0. The summed E-state index contributed by atoms with van der Waals surface area (Å²) in [5.41, 5.74) is 2.99. The monoisotopic (exact) mass is 100 g/mol. The second kappa shape index (κ2) is 0.655. The van der Waals surface area contributed by atoms with Crippen LogP contribution in [0.15, 0.2) is 18.2 Å². The molecule has 0 atom stereocenters. The van der Waals surface area contributed by atoms with E-state index >= 15 is 0 Å². The first kappa shape index (κ1) is 3.08. The largest absolute Gasteiger partial charge is 0.0610 e. The van der Waals surface area contributed by atoms with Gasteiger partial charge in [0.15, 0.2) is 0 Å². The van der Waals surface area contributed by atoms with Crippen LogP contribution >= 0.6 is 0 Å². The quantitative estimate of drug-likeness (QED) is 0.430. The van der Waals surface area contributed by atoms with Crippen molar-refractivity contribution in [2.75, 3.05) is 0 Å². The molecule has 0 N–H and O–H groups in total. The zero-order chi connectivity index (χ0) is 5.14. The first-order valence-electron chi connectivity index (χ1n) is 2.82. The number of hydrogen-bond donors (Lipinski definition) is 0. The van der Waals surface area contributed by atoms with Crippen LogP contribution in [0.1, 0.15) is 5.56 Å². The Balaban J connectivity index is 2.81. The fraction of sp³-hybridized carbons (Fsp3) is 0. The Morgan fingerprint density at radius 1 is 1.12 bits per heavy atom. The highest BCUT2D eigenvalue weighted by atomic mass is 14.3. The molecule has 0 radical (unpaired) electrons. The van der Waals surface area contributed by atoms with Gasteiger partial charge in [0.2, 0.25) is 0 Å². The lowest BCUT2D eigenvalue weighted by molar-refractivity contribution is 1.60. The van der Waals surface area contributed by atoms with Crippen molar-refractivity contribution < 1.29 is 0 Å². The van der Waals surface area contributed by atoms with Gasteiger partial charge in [-0.2, -0.15) is 0 Å². The molecule has 36 valence electrons. The molecule has 0 heteroatoms. The van der Waals surface area contributed by atoms with Crippen molar-refractivity contribution in [3.8, 4) is 0 Å². The second-order valence-corrected chi connectivity index (χ2v) is 2.33. The van der Waals surface area contributed by atoms with E-state index in [0.29, 0.717) is 0 Å². The van der Waals surface area contributed by atoms with Gasteiger partial charge >= 0.3 is 0 Å². The molecule has 2 aliphatic rings. The van der Waals surface area contributed by atoms with E-state index in [0.717, 1.165) is 0 Å². The maximum Gasteiger partial charge on any atom is -0.00259 e. The lowest BCUT2D eigenvalue weighted by Crippen LogP contribution is -2.19. The van der Waals surface area contributed by atoms with Crippen molar-refractivity contribution >= 4 is 11.6 Å². The van der Waals surface area contributed by atoms with Crippen LogP contribution in [0.3, 0.4) is 0 Å². The first-order valence-corrected chi connectivity index (χ1v) is 2.82. The molecule has 0 spiro atoms. The summed E-state index contributed by atoms with van der Waals surface area (Å²) in [7, 11) is 0. The van der Waals surface area contributed by atoms with Crippen LogP contribution in [0.5, 0.6) is 0 Å². The van der Waals surface area contributed by atoms with Crippen LogP contribution in [0, 0.1) is 0 Å². The molecular formula is C8H4. The Morgan fingerprint density at radius 2 is 2.12 bits per heavy atom. The van der Waals surface area contributed by atoms with Crippen LogP contribution in [0.4, 0.5) is 0 Å². The van der Waals surface area contributed by atoms with E-state index in [4.69, 9.17) is 0 Å². The zero-order valence-electron chi connectivity index (χ0n) is 4.31. The molecule has 2 aliphatic carbocycles. The van der Waals surface area contributed by atoms with Crippen molar-refractivity contribution in [2.45, 2.75) is 0 Å². The highest BCUT2D eigenvalue weighted by Crippen LogP contribution is 2.22. The third kappa shape index (κ3) is 0.148. The van der Waals surface area contributed by atoms with Gasteiger partial charge in [0.25, 0.3) is 0 Å². The average molecular weight is 100 g/mol. The van der Waals surface area contributed by atoms with Crippen LogP contribution in [0.2, 0.25) is 0 Å². The minimum absolute atomic E-state index is 1.44. The van der Waals surface area contributed by atoms with E-state index in [9.17, 15) is 0 Å². The SMILES string of the molecule is C1=c2cccc3c2=C13. The minimum Gasteiger partial charge on any atom is -0.0610 e. The Bertz CT molecular complexity index is 383. The van der Waals surface area contributed by atoms with Gasteiger partial charge in [-0.3, -0.25) is 0 Å². The van der Waals surface area contributed by atoms with Crippen LogP contribution in [-0.2, 0) is 0 Å². The number of fused-ring (bicyclic) bond motifs is 1. The Kier molecular flexibility index (Phi) is 0.252. The minimum atomic E-state index is 1.44. The Hall–Kier alpha value is -1.04. The smallest absolute Gasteiger partial charge is 0.00259 e. The molecular weight excluding hydrogens is 96.1 g/mol. The topological polar surface area (TPSA) is 0 Å². The van der Waals surface area contributed by atoms with E-state index in [1.54, 1.807) is 0 Å². The summed E-state index contributed by atoms with van der Waals surface area (Å²) in [6, 6.07) is 6.46. The summed E-state index contributed by atoms with van der Waals surface area (Å²) in [6.07, 6.45) is 2.24. The number of hydrogen-bond acceptors (Lipinski definition) is 0. The van der Waals surface area contributed by atoms with Gasteiger partial charge in [0, 0.05) is 0 Å². The summed E-state index contributed by atoms with van der Waals surface area (Å²) >= 11 is 0. The van der Waals surface area contributed by atoms with Gasteiger partial charge < -0.3 is 0 Å². The van der Waals surface area contributed by atoms with Crippen LogP contribution in [0.25, 0.3) is 11.6 Å². The molecule has 0 saturated heterocycles. The van der Waals surface area contributed by atoms with Gasteiger partial charge in [-0.1, -0.05) is 18.2 Å². The van der Waals surface area contributed by atoms with Crippen molar-refractivity contribution in [1.82, 2.24) is 0 Å². The number of rotatable bonds is 0. The van der Waals surface area contributed by atoms with Gasteiger partial charge in [-0.05, 0) is 27.6 Å². The summed E-state index contributed by atoms with van der Waals surface area (Å²) in [5.74, 6) is 0. The predicted molar refractivity (Wildman–Crippen MR) is 32.7 cm³/mol. The fourth-order valence-corrected chi connectivity index (χ4v) is 1.38. The normalized spacial score (nSPS) is 16.2. The predicted octanol–water partition coefficient (Wildman–Crippen LogP) is -0.00690. The summed E-state index contributed by atoms with van der Waals surface area (Å²) < 4.78 is 0. The molecule has 0 nitrogen and oxygen atoms in total. The molecule has 1 aromatic rings. The van der Waals surface area contributed by atoms with E-state index < -0.39 is 0 Å². The molecule has 8 heavy (non-hydrogen) atoms. The first-order chi connectivity index (χ1) is 3.97. The third-order valence-corrected chi connectivity index (χ3v) is 1.89. The zero-order valence-corrected chi connectivity index (χ0v) is 4.31. The third-order valence-electron chi connectivity index (χ3n) is 1.89. The molecule has 1 aromatic carbocycles. The fourth-order valence-electron chi connectivity index (χ4n) is 1.38. The van der Waals surface area contributed by atoms with Crippen LogP contribution in [-0.4, -0.2) is 0 Å². The molecule has 0 amide bonds. The van der Waals surface area contributed by atoms with E-state index in [1.165, 1.54) is 21.6 Å². The van der Waals surface area contributed by atoms with Gasteiger partial charge in [0.05, 0.1) is 0 Å². The second-order valence-electron chi connectivity index (χ2n) is 2.33. The molecule has 0 heterocycles. The maximum atomic E-state index is 2.24. The Labute approximate surface area is 46.8 Å². The van der Waals surface area contributed by atoms with Gasteiger partial charge in [-0.15, -0.1) is 0 Å².